The number of fused-ring (bicyclic) bond motifs is 3. The highest BCUT2D eigenvalue weighted by Gasteiger charge is 2.11. The van der Waals surface area contributed by atoms with Crippen LogP contribution in [0.3, 0.4) is 0 Å². The average Bonchev–Trinajstić information content (AvgIpc) is 3.06. The van der Waals surface area contributed by atoms with E-state index in [0.29, 0.717) is 5.15 Å². The number of aromatic nitrogens is 2. The van der Waals surface area contributed by atoms with E-state index in [1.54, 1.807) is 0 Å². The van der Waals surface area contributed by atoms with Crippen LogP contribution in [0.4, 0.5) is 0 Å². The van der Waals surface area contributed by atoms with Crippen molar-refractivity contribution >= 4 is 33.5 Å². The summed E-state index contributed by atoms with van der Waals surface area (Å²) in [6, 6.07) is 19.2. The van der Waals surface area contributed by atoms with Gasteiger partial charge in [-0.1, -0.05) is 41.9 Å². The molecule has 0 radical (unpaired) electrons. The first-order chi connectivity index (χ1) is 13.3. The van der Waals surface area contributed by atoms with Gasteiger partial charge in [0.15, 0.2) is 0 Å². The van der Waals surface area contributed by atoms with Gasteiger partial charge in [0.2, 0.25) is 0 Å². The van der Waals surface area contributed by atoms with Crippen LogP contribution in [0.25, 0.3) is 33.1 Å². The molecule has 5 heteroatoms. The van der Waals surface area contributed by atoms with Gasteiger partial charge in [-0.25, -0.2) is 4.98 Å². The zero-order valence-corrected chi connectivity index (χ0v) is 15.7. The van der Waals surface area contributed by atoms with Crippen LogP contribution in [-0.2, 0) is 11.3 Å². The maximum Gasteiger partial charge on any atom is 0.140 e. The van der Waals surface area contributed by atoms with Crippen molar-refractivity contribution in [3.63, 3.8) is 0 Å². The van der Waals surface area contributed by atoms with Gasteiger partial charge >= 0.3 is 0 Å². The fourth-order valence-electron chi connectivity index (χ4n) is 3.75. The second-order valence-electron chi connectivity index (χ2n) is 7.00. The van der Waals surface area contributed by atoms with Crippen molar-refractivity contribution < 1.29 is 4.74 Å². The Bertz CT molecular complexity index is 1100. The number of morpholine rings is 1. The molecule has 3 heterocycles. The zero-order valence-electron chi connectivity index (χ0n) is 14.9. The summed E-state index contributed by atoms with van der Waals surface area (Å²) in [6.07, 6.45) is 0. The van der Waals surface area contributed by atoms with E-state index in [1.807, 2.05) is 12.1 Å². The molecule has 0 amide bonds. The lowest BCUT2D eigenvalue weighted by atomic mass is 10.0. The topological polar surface area (TPSA) is 41.2 Å². The number of benzene rings is 2. The third kappa shape index (κ3) is 3.32. The average molecular weight is 378 g/mol. The SMILES string of the molecule is Clc1ccc2c(n1)[nH]c1ccc(-c3ccc(CN4CCOCC4)cc3)cc12. The van der Waals surface area contributed by atoms with Gasteiger partial charge in [-0.2, -0.15) is 0 Å². The zero-order chi connectivity index (χ0) is 18.2. The van der Waals surface area contributed by atoms with Gasteiger partial charge in [0.1, 0.15) is 10.8 Å². The van der Waals surface area contributed by atoms with Gasteiger partial charge in [0, 0.05) is 35.9 Å². The first-order valence-corrected chi connectivity index (χ1v) is 9.61. The van der Waals surface area contributed by atoms with Gasteiger partial charge in [-0.05, 0) is 41.0 Å². The molecule has 1 saturated heterocycles. The second-order valence-corrected chi connectivity index (χ2v) is 7.39. The highest BCUT2D eigenvalue weighted by Crippen LogP contribution is 2.30. The van der Waals surface area contributed by atoms with E-state index in [-0.39, 0.29) is 0 Å². The summed E-state index contributed by atoms with van der Waals surface area (Å²) >= 11 is 6.02. The molecule has 27 heavy (non-hydrogen) atoms. The van der Waals surface area contributed by atoms with Crippen LogP contribution < -0.4 is 0 Å². The predicted molar refractivity (Wildman–Crippen MR) is 110 cm³/mol. The summed E-state index contributed by atoms with van der Waals surface area (Å²) in [5.41, 5.74) is 5.67. The summed E-state index contributed by atoms with van der Waals surface area (Å²) in [7, 11) is 0. The molecule has 0 atom stereocenters. The molecule has 2 aromatic heterocycles. The number of rotatable bonds is 3. The molecular weight excluding hydrogens is 358 g/mol. The molecule has 0 spiro atoms. The lowest BCUT2D eigenvalue weighted by molar-refractivity contribution is 0.0342. The highest BCUT2D eigenvalue weighted by atomic mass is 35.5. The van der Waals surface area contributed by atoms with E-state index >= 15 is 0 Å². The third-order valence-electron chi connectivity index (χ3n) is 5.22. The molecule has 1 aliphatic heterocycles. The summed E-state index contributed by atoms with van der Waals surface area (Å²) < 4.78 is 5.42. The van der Waals surface area contributed by atoms with E-state index in [2.05, 4.69) is 57.3 Å². The van der Waals surface area contributed by atoms with E-state index in [9.17, 15) is 0 Å². The standard InChI is InChI=1S/C22H20ClN3O/c23-21-8-6-18-19-13-17(5-7-20(19)24-22(18)25-21)16-3-1-15(2-4-16)14-26-9-11-27-12-10-26/h1-8,13H,9-12,14H2,(H,24,25). The van der Waals surface area contributed by atoms with Crippen molar-refractivity contribution in [3.05, 3.63) is 65.3 Å². The number of hydrogen-bond donors (Lipinski definition) is 1. The summed E-state index contributed by atoms with van der Waals surface area (Å²) in [5, 5.41) is 2.77. The van der Waals surface area contributed by atoms with Crippen molar-refractivity contribution in [1.82, 2.24) is 14.9 Å². The van der Waals surface area contributed by atoms with Crippen molar-refractivity contribution in [2.24, 2.45) is 0 Å². The van der Waals surface area contributed by atoms with Crippen molar-refractivity contribution in [3.8, 4) is 11.1 Å². The maximum absolute atomic E-state index is 6.02. The van der Waals surface area contributed by atoms with Crippen LogP contribution >= 0.6 is 11.6 Å². The largest absolute Gasteiger partial charge is 0.379 e. The Morgan fingerprint density at radius 3 is 2.52 bits per heavy atom. The number of H-pyrrole nitrogens is 1. The summed E-state index contributed by atoms with van der Waals surface area (Å²) in [5.74, 6) is 0. The molecule has 0 aliphatic carbocycles. The monoisotopic (exact) mass is 377 g/mol. The summed E-state index contributed by atoms with van der Waals surface area (Å²) in [4.78, 5) is 10.2. The number of halogens is 1. The lowest BCUT2D eigenvalue weighted by Crippen LogP contribution is -2.35. The molecule has 1 N–H and O–H groups in total. The molecule has 5 rings (SSSR count). The Morgan fingerprint density at radius 2 is 1.70 bits per heavy atom. The van der Waals surface area contributed by atoms with Gasteiger partial charge in [0.25, 0.3) is 0 Å². The molecule has 2 aromatic carbocycles. The molecule has 136 valence electrons. The summed E-state index contributed by atoms with van der Waals surface area (Å²) in [6.45, 7) is 4.68. The Balaban J connectivity index is 1.45. The van der Waals surface area contributed by atoms with Crippen LogP contribution in [0.15, 0.2) is 54.6 Å². The fourth-order valence-corrected chi connectivity index (χ4v) is 3.90. The molecular formula is C22H20ClN3O. The number of aromatic amines is 1. The first kappa shape index (κ1) is 16.8. The number of nitrogens with zero attached hydrogens (tertiary/aromatic N) is 2. The van der Waals surface area contributed by atoms with Crippen molar-refractivity contribution in [2.45, 2.75) is 6.54 Å². The van der Waals surface area contributed by atoms with Crippen LogP contribution in [0, 0.1) is 0 Å². The van der Waals surface area contributed by atoms with Crippen LogP contribution in [-0.4, -0.2) is 41.2 Å². The van der Waals surface area contributed by atoms with Crippen LogP contribution in [0.5, 0.6) is 0 Å². The normalized spacial score (nSPS) is 15.6. The number of nitrogens with one attached hydrogen (secondary N) is 1. The van der Waals surface area contributed by atoms with Crippen molar-refractivity contribution in [2.75, 3.05) is 26.3 Å². The molecule has 0 bridgehead atoms. The molecule has 4 nitrogen and oxygen atoms in total. The Hall–Kier alpha value is -2.40. The molecule has 1 aliphatic rings. The van der Waals surface area contributed by atoms with E-state index in [1.165, 1.54) is 22.1 Å². The number of hydrogen-bond acceptors (Lipinski definition) is 3. The third-order valence-corrected chi connectivity index (χ3v) is 5.43. The highest BCUT2D eigenvalue weighted by molar-refractivity contribution is 6.30. The minimum atomic E-state index is 0.505. The Morgan fingerprint density at radius 1 is 0.926 bits per heavy atom. The lowest BCUT2D eigenvalue weighted by Gasteiger charge is -2.26. The van der Waals surface area contributed by atoms with Crippen LogP contribution in [0.2, 0.25) is 5.15 Å². The fraction of sp³-hybridized carbons (Fsp3) is 0.227. The molecule has 0 saturated carbocycles. The maximum atomic E-state index is 6.02. The Kier molecular flexibility index (Phi) is 4.32. The number of pyridine rings is 1. The molecule has 1 fully saturated rings. The van der Waals surface area contributed by atoms with Crippen LogP contribution in [0.1, 0.15) is 5.56 Å². The molecule has 0 unspecified atom stereocenters. The smallest absolute Gasteiger partial charge is 0.140 e. The van der Waals surface area contributed by atoms with E-state index < -0.39 is 0 Å². The second kappa shape index (κ2) is 6.97. The van der Waals surface area contributed by atoms with Gasteiger partial charge in [-0.15, -0.1) is 0 Å². The molecule has 4 aromatic rings. The van der Waals surface area contributed by atoms with Gasteiger partial charge in [0.05, 0.1) is 13.2 Å². The number of ether oxygens (including phenoxy) is 1. The van der Waals surface area contributed by atoms with Gasteiger partial charge < -0.3 is 9.72 Å². The van der Waals surface area contributed by atoms with Gasteiger partial charge in [-0.3, -0.25) is 4.90 Å². The Labute approximate surface area is 162 Å². The van der Waals surface area contributed by atoms with Crippen molar-refractivity contribution in [1.29, 1.82) is 0 Å². The quantitative estimate of drug-likeness (QED) is 0.518. The minimum absolute atomic E-state index is 0.505. The predicted octanol–water partition coefficient (Wildman–Crippen LogP) is 4.87. The first-order valence-electron chi connectivity index (χ1n) is 9.24. The van der Waals surface area contributed by atoms with E-state index in [0.717, 1.165) is 49.4 Å². The minimum Gasteiger partial charge on any atom is -0.379 e. The van der Waals surface area contributed by atoms with E-state index in [4.69, 9.17) is 16.3 Å².